The lowest BCUT2D eigenvalue weighted by molar-refractivity contribution is -0.126. The Balaban J connectivity index is 1.70. The van der Waals surface area contributed by atoms with Gasteiger partial charge in [-0.05, 0) is 29.2 Å². The zero-order valence-electron chi connectivity index (χ0n) is 14.9. The number of fused-ring (bicyclic) bond motifs is 3. The average molecular weight is 363 g/mol. The summed E-state index contributed by atoms with van der Waals surface area (Å²) in [5.41, 5.74) is 4.07. The van der Waals surface area contributed by atoms with E-state index in [0.717, 1.165) is 28.6 Å². The first-order valence-corrected chi connectivity index (χ1v) is 8.89. The second kappa shape index (κ2) is 7.20. The van der Waals surface area contributed by atoms with Crippen LogP contribution >= 0.6 is 0 Å². The number of aliphatic hydroxyl groups is 1. The fourth-order valence-electron chi connectivity index (χ4n) is 3.58. The van der Waals surface area contributed by atoms with Gasteiger partial charge in [-0.1, -0.05) is 36.9 Å². The molecule has 1 amide bonds. The number of anilines is 1. The van der Waals surface area contributed by atoms with Crippen molar-refractivity contribution in [2.24, 2.45) is 0 Å². The van der Waals surface area contributed by atoms with Gasteiger partial charge in [-0.2, -0.15) is 5.10 Å². The van der Waals surface area contributed by atoms with E-state index in [1.165, 1.54) is 12.4 Å². The van der Waals surface area contributed by atoms with E-state index in [2.05, 4.69) is 22.0 Å². The molecule has 7 nitrogen and oxygen atoms in total. The third kappa shape index (κ3) is 3.17. The number of carbonyl (C=O) groups is 1. The summed E-state index contributed by atoms with van der Waals surface area (Å²) in [7, 11) is 0. The lowest BCUT2D eigenvalue weighted by Crippen LogP contribution is -2.34. The molecule has 1 atom stereocenters. The normalized spacial score (nSPS) is 14.6. The number of nitrogens with one attached hydrogen (secondary N) is 1. The Morgan fingerprint density at radius 3 is 2.93 bits per heavy atom. The molecule has 0 unspecified atom stereocenters. The van der Waals surface area contributed by atoms with Gasteiger partial charge in [0.1, 0.15) is 11.8 Å². The van der Waals surface area contributed by atoms with Gasteiger partial charge in [-0.3, -0.25) is 4.79 Å². The molecule has 0 bridgehead atoms. The molecular weight excluding hydrogens is 342 g/mol. The first-order chi connectivity index (χ1) is 13.2. The minimum atomic E-state index is -0.266. The topological polar surface area (TPSA) is 82.8 Å². The number of benzene rings is 1. The van der Waals surface area contributed by atoms with Gasteiger partial charge in [0.25, 0.3) is 0 Å². The van der Waals surface area contributed by atoms with E-state index in [-0.39, 0.29) is 18.6 Å². The number of rotatable bonds is 5. The highest BCUT2D eigenvalue weighted by Gasteiger charge is 2.25. The van der Waals surface area contributed by atoms with Crippen LogP contribution in [-0.2, 0) is 17.8 Å². The smallest absolute Gasteiger partial charge is 0.246 e. The lowest BCUT2D eigenvalue weighted by Gasteiger charge is -2.26. The molecule has 138 valence electrons. The Morgan fingerprint density at radius 1 is 1.37 bits per heavy atom. The van der Waals surface area contributed by atoms with Crippen molar-refractivity contribution in [3.8, 4) is 0 Å². The zero-order valence-corrected chi connectivity index (χ0v) is 14.9. The molecule has 0 aliphatic carbocycles. The van der Waals surface area contributed by atoms with Gasteiger partial charge in [0, 0.05) is 19.3 Å². The van der Waals surface area contributed by atoms with E-state index in [4.69, 9.17) is 0 Å². The highest BCUT2D eigenvalue weighted by molar-refractivity contribution is 5.87. The maximum Gasteiger partial charge on any atom is 0.246 e. The van der Waals surface area contributed by atoms with Crippen molar-refractivity contribution in [1.82, 2.24) is 19.5 Å². The summed E-state index contributed by atoms with van der Waals surface area (Å²) in [4.78, 5) is 18.1. The molecule has 0 saturated carbocycles. The van der Waals surface area contributed by atoms with Gasteiger partial charge in [-0.15, -0.1) is 0 Å². The standard InChI is InChI=1S/C20H21N5O2/c1-2-18(27)24-9-8-16-15(10-24)11-25-19(16)20(21-13-22-25)23-17(12-26)14-6-4-3-5-7-14/h2-7,11,13,17,26H,1,8-10,12H2,(H,21,22,23)/t17-/m1/s1. The highest BCUT2D eigenvalue weighted by Crippen LogP contribution is 2.30. The van der Waals surface area contributed by atoms with Crippen LogP contribution in [0.2, 0.25) is 0 Å². The van der Waals surface area contributed by atoms with Crippen LogP contribution in [0.25, 0.3) is 5.52 Å². The van der Waals surface area contributed by atoms with Crippen LogP contribution in [0.1, 0.15) is 22.7 Å². The van der Waals surface area contributed by atoms with E-state index >= 15 is 0 Å². The third-order valence-electron chi connectivity index (χ3n) is 4.94. The number of aliphatic hydroxyl groups excluding tert-OH is 1. The molecule has 7 heteroatoms. The minimum absolute atomic E-state index is 0.0509. The molecule has 4 rings (SSSR count). The van der Waals surface area contributed by atoms with Crippen molar-refractivity contribution >= 4 is 17.2 Å². The molecular formula is C20H21N5O2. The number of hydrogen-bond acceptors (Lipinski definition) is 5. The van der Waals surface area contributed by atoms with E-state index in [1.807, 2.05) is 36.5 Å². The monoisotopic (exact) mass is 363 g/mol. The van der Waals surface area contributed by atoms with Crippen LogP contribution in [-0.4, -0.2) is 43.7 Å². The average Bonchev–Trinajstić information content (AvgIpc) is 3.10. The van der Waals surface area contributed by atoms with Gasteiger partial charge >= 0.3 is 0 Å². The van der Waals surface area contributed by atoms with Crippen molar-refractivity contribution in [3.63, 3.8) is 0 Å². The number of amides is 1. The van der Waals surface area contributed by atoms with Crippen LogP contribution in [0, 0.1) is 0 Å². The first-order valence-electron chi connectivity index (χ1n) is 8.89. The molecule has 3 aromatic rings. The molecule has 0 spiro atoms. The van der Waals surface area contributed by atoms with Gasteiger partial charge in [-0.25, -0.2) is 9.50 Å². The number of carbonyl (C=O) groups excluding carboxylic acids is 1. The molecule has 27 heavy (non-hydrogen) atoms. The van der Waals surface area contributed by atoms with Crippen LogP contribution < -0.4 is 5.32 Å². The summed E-state index contributed by atoms with van der Waals surface area (Å²) in [6, 6.07) is 9.51. The summed E-state index contributed by atoms with van der Waals surface area (Å²) in [6.07, 6.45) is 5.51. The Kier molecular flexibility index (Phi) is 4.60. The van der Waals surface area contributed by atoms with Crippen molar-refractivity contribution < 1.29 is 9.90 Å². The molecule has 1 aliphatic rings. The molecule has 1 aromatic carbocycles. The summed E-state index contributed by atoms with van der Waals surface area (Å²) in [6.45, 7) is 4.68. The van der Waals surface area contributed by atoms with E-state index in [0.29, 0.717) is 18.9 Å². The van der Waals surface area contributed by atoms with E-state index < -0.39 is 0 Å². The van der Waals surface area contributed by atoms with Crippen molar-refractivity contribution in [1.29, 1.82) is 0 Å². The van der Waals surface area contributed by atoms with E-state index in [9.17, 15) is 9.90 Å². The maximum absolute atomic E-state index is 11.9. The van der Waals surface area contributed by atoms with Crippen LogP contribution in [0.3, 0.4) is 0 Å². The maximum atomic E-state index is 11.9. The van der Waals surface area contributed by atoms with Gasteiger partial charge < -0.3 is 15.3 Å². The number of nitrogens with zero attached hydrogens (tertiary/aromatic N) is 4. The predicted molar refractivity (Wildman–Crippen MR) is 102 cm³/mol. The Morgan fingerprint density at radius 2 is 2.19 bits per heavy atom. The molecule has 2 N–H and O–H groups in total. The van der Waals surface area contributed by atoms with Gasteiger partial charge in [0.2, 0.25) is 5.91 Å². The quantitative estimate of drug-likeness (QED) is 0.677. The molecule has 2 aromatic heterocycles. The third-order valence-corrected chi connectivity index (χ3v) is 4.94. The van der Waals surface area contributed by atoms with Crippen LogP contribution in [0.5, 0.6) is 0 Å². The Labute approximate surface area is 157 Å². The van der Waals surface area contributed by atoms with Gasteiger partial charge in [0.15, 0.2) is 5.82 Å². The SMILES string of the molecule is C=CC(=O)N1CCc2c(cn3ncnc(N[C@H](CO)c4ccccc4)c23)C1. The van der Waals surface area contributed by atoms with E-state index in [1.54, 1.807) is 9.42 Å². The van der Waals surface area contributed by atoms with Gasteiger partial charge in [0.05, 0.1) is 12.6 Å². The molecule has 1 aliphatic heterocycles. The molecule has 0 radical (unpaired) electrons. The second-order valence-electron chi connectivity index (χ2n) is 6.54. The summed E-state index contributed by atoms with van der Waals surface area (Å²) >= 11 is 0. The van der Waals surface area contributed by atoms with Crippen LogP contribution in [0.4, 0.5) is 5.82 Å². The Bertz CT molecular complexity index is 983. The highest BCUT2D eigenvalue weighted by atomic mass is 16.3. The minimum Gasteiger partial charge on any atom is -0.394 e. The summed E-state index contributed by atoms with van der Waals surface area (Å²) in [5.74, 6) is 0.613. The largest absolute Gasteiger partial charge is 0.394 e. The molecule has 0 fully saturated rings. The molecule has 0 saturated heterocycles. The summed E-state index contributed by atoms with van der Waals surface area (Å²) < 4.78 is 1.79. The fraction of sp³-hybridized carbons (Fsp3) is 0.250. The zero-order chi connectivity index (χ0) is 18.8. The van der Waals surface area contributed by atoms with Crippen molar-refractivity contribution in [3.05, 3.63) is 72.2 Å². The van der Waals surface area contributed by atoms with Crippen LogP contribution in [0.15, 0.2) is 55.5 Å². The van der Waals surface area contributed by atoms with Crippen molar-refractivity contribution in [2.45, 2.75) is 19.0 Å². The molecule has 3 heterocycles. The fourth-order valence-corrected chi connectivity index (χ4v) is 3.58. The number of aromatic nitrogens is 3. The number of hydrogen-bond donors (Lipinski definition) is 2. The summed E-state index contributed by atoms with van der Waals surface area (Å²) in [5, 5.41) is 17.5. The second-order valence-corrected chi connectivity index (χ2v) is 6.54. The first kappa shape index (κ1) is 17.2. The van der Waals surface area contributed by atoms with Crippen molar-refractivity contribution in [2.75, 3.05) is 18.5 Å². The Hall–Kier alpha value is -3.19. The lowest BCUT2D eigenvalue weighted by atomic mass is 10.0. The predicted octanol–water partition coefficient (Wildman–Crippen LogP) is 1.95.